The Bertz CT molecular complexity index is 1030. The minimum absolute atomic E-state index is 0.164. The second-order valence-corrected chi connectivity index (χ2v) is 6.97. The lowest BCUT2D eigenvalue weighted by Gasteiger charge is -2.09. The number of aromatic nitrogens is 1. The highest BCUT2D eigenvalue weighted by atomic mass is 32.2. The molecule has 0 saturated carbocycles. The summed E-state index contributed by atoms with van der Waals surface area (Å²) in [6.07, 6.45) is 0. The van der Waals surface area contributed by atoms with Crippen LogP contribution in [0.15, 0.2) is 47.0 Å². The Morgan fingerprint density at radius 3 is 2.75 bits per heavy atom. The van der Waals surface area contributed by atoms with Gasteiger partial charge in [0, 0.05) is 17.5 Å². The van der Waals surface area contributed by atoms with Crippen molar-refractivity contribution >= 4 is 32.4 Å². The molecule has 1 N–H and O–H groups in total. The molecule has 2 aromatic carbocycles. The van der Waals surface area contributed by atoms with Crippen LogP contribution in [0.25, 0.3) is 11.0 Å². The highest BCUT2D eigenvalue weighted by molar-refractivity contribution is 7.91. The first-order valence-electron chi connectivity index (χ1n) is 6.94. The number of non-ortho nitro benzene ring substituents is 1. The lowest BCUT2D eigenvalue weighted by atomic mass is 10.2. The van der Waals surface area contributed by atoms with Crippen LogP contribution < -0.4 is 4.72 Å². The van der Waals surface area contributed by atoms with Gasteiger partial charge in [0.05, 0.1) is 10.6 Å². The first kappa shape index (κ1) is 15.9. The molecule has 0 aliphatic rings. The van der Waals surface area contributed by atoms with Crippen molar-refractivity contribution in [2.45, 2.75) is 12.7 Å². The molecule has 124 valence electrons. The number of hydrogen-bond donors (Lipinski definition) is 1. The van der Waals surface area contributed by atoms with Crippen LogP contribution in [0.4, 0.5) is 11.4 Å². The van der Waals surface area contributed by atoms with E-state index >= 15 is 0 Å². The third kappa shape index (κ3) is 3.20. The van der Waals surface area contributed by atoms with Gasteiger partial charge < -0.3 is 4.52 Å². The Morgan fingerprint density at radius 1 is 1.25 bits per heavy atom. The lowest BCUT2D eigenvalue weighted by molar-refractivity contribution is -0.384. The minimum Gasteiger partial charge on any atom is -0.356 e. The van der Waals surface area contributed by atoms with Gasteiger partial charge in [-0.1, -0.05) is 23.4 Å². The number of nitrogens with one attached hydrogen (secondary N) is 1. The molecule has 0 spiro atoms. The number of fused-ring (bicyclic) bond motifs is 1. The summed E-state index contributed by atoms with van der Waals surface area (Å²) in [7, 11) is -3.81. The molecule has 0 bridgehead atoms. The van der Waals surface area contributed by atoms with E-state index in [1.165, 1.54) is 18.2 Å². The van der Waals surface area contributed by atoms with Crippen LogP contribution in [-0.2, 0) is 15.8 Å². The molecule has 0 unspecified atom stereocenters. The Balaban J connectivity index is 1.89. The highest BCUT2D eigenvalue weighted by Gasteiger charge is 2.19. The largest absolute Gasteiger partial charge is 0.356 e. The highest BCUT2D eigenvalue weighted by Crippen LogP contribution is 2.25. The summed E-state index contributed by atoms with van der Waals surface area (Å²) in [5.74, 6) is -0.397. The summed E-state index contributed by atoms with van der Waals surface area (Å²) >= 11 is 0. The fraction of sp³-hybridized carbons (Fsp3) is 0.133. The van der Waals surface area contributed by atoms with Gasteiger partial charge in [-0.15, -0.1) is 0 Å². The second-order valence-electron chi connectivity index (χ2n) is 5.24. The number of rotatable bonds is 5. The van der Waals surface area contributed by atoms with E-state index in [9.17, 15) is 18.5 Å². The van der Waals surface area contributed by atoms with Crippen molar-refractivity contribution in [2.75, 3.05) is 4.72 Å². The first-order valence-corrected chi connectivity index (χ1v) is 8.60. The van der Waals surface area contributed by atoms with Gasteiger partial charge in [-0.05, 0) is 24.6 Å². The Hall–Kier alpha value is -2.94. The number of para-hydroxylation sites is 1. The van der Waals surface area contributed by atoms with Crippen LogP contribution in [0.1, 0.15) is 11.3 Å². The molecule has 0 radical (unpaired) electrons. The molecule has 1 aromatic heterocycles. The van der Waals surface area contributed by atoms with E-state index in [2.05, 4.69) is 9.88 Å². The molecular weight excluding hydrogens is 334 g/mol. The predicted molar refractivity (Wildman–Crippen MR) is 88.1 cm³/mol. The van der Waals surface area contributed by atoms with Gasteiger partial charge in [0.1, 0.15) is 11.4 Å². The number of hydrogen-bond acceptors (Lipinski definition) is 6. The van der Waals surface area contributed by atoms with Gasteiger partial charge >= 0.3 is 0 Å². The van der Waals surface area contributed by atoms with Crippen molar-refractivity contribution in [1.82, 2.24) is 5.16 Å². The average molecular weight is 347 g/mol. The quantitative estimate of drug-likeness (QED) is 0.560. The van der Waals surface area contributed by atoms with Crippen molar-refractivity contribution in [3.05, 3.63) is 63.8 Å². The van der Waals surface area contributed by atoms with Crippen molar-refractivity contribution in [3.8, 4) is 0 Å². The molecule has 0 saturated heterocycles. The van der Waals surface area contributed by atoms with Crippen LogP contribution in [0, 0.1) is 17.0 Å². The van der Waals surface area contributed by atoms with E-state index in [1.807, 2.05) is 0 Å². The van der Waals surface area contributed by atoms with Crippen LogP contribution in [0.5, 0.6) is 0 Å². The third-order valence-corrected chi connectivity index (χ3v) is 4.66. The number of nitro benzene ring substituents is 1. The standard InChI is InChI=1S/C15H13N3O5S/c1-10-6-7-11(18(19)20)8-13(10)17-24(21,22)9-14-12-4-2-3-5-15(12)23-16-14/h2-8,17H,9H2,1H3. The Kier molecular flexibility index (Phi) is 3.94. The summed E-state index contributed by atoms with van der Waals surface area (Å²) in [6.45, 7) is 1.66. The Morgan fingerprint density at radius 2 is 2.00 bits per heavy atom. The number of aryl methyl sites for hydroxylation is 1. The molecule has 8 nitrogen and oxygen atoms in total. The number of sulfonamides is 1. The number of nitrogens with zero attached hydrogens (tertiary/aromatic N) is 2. The molecule has 0 fully saturated rings. The molecule has 3 rings (SSSR count). The molecule has 24 heavy (non-hydrogen) atoms. The number of anilines is 1. The van der Waals surface area contributed by atoms with E-state index in [-0.39, 0.29) is 17.1 Å². The SMILES string of the molecule is Cc1ccc([N+](=O)[O-])cc1NS(=O)(=O)Cc1noc2ccccc12. The van der Waals surface area contributed by atoms with Crippen LogP contribution in [0.2, 0.25) is 0 Å². The van der Waals surface area contributed by atoms with E-state index in [0.717, 1.165) is 0 Å². The predicted octanol–water partition coefficient (Wildman–Crippen LogP) is 2.99. The van der Waals surface area contributed by atoms with E-state index in [0.29, 0.717) is 16.5 Å². The Labute approximate surface area is 137 Å². The zero-order valence-corrected chi connectivity index (χ0v) is 13.4. The maximum Gasteiger partial charge on any atom is 0.271 e. The van der Waals surface area contributed by atoms with E-state index in [1.54, 1.807) is 31.2 Å². The third-order valence-electron chi connectivity index (χ3n) is 3.48. The lowest BCUT2D eigenvalue weighted by Crippen LogP contribution is -2.16. The minimum atomic E-state index is -3.81. The van der Waals surface area contributed by atoms with Crippen molar-refractivity contribution in [2.24, 2.45) is 0 Å². The molecule has 3 aromatic rings. The fourth-order valence-electron chi connectivity index (χ4n) is 2.26. The molecule has 1 heterocycles. The molecule has 0 atom stereocenters. The summed E-state index contributed by atoms with van der Waals surface area (Å²) in [4.78, 5) is 10.3. The first-order chi connectivity index (χ1) is 11.4. The monoisotopic (exact) mass is 347 g/mol. The summed E-state index contributed by atoms with van der Waals surface area (Å²) in [6, 6.07) is 10.9. The number of nitro groups is 1. The van der Waals surface area contributed by atoms with Crippen molar-refractivity contribution < 1.29 is 17.9 Å². The normalized spacial score (nSPS) is 11.5. The molecule has 0 aliphatic carbocycles. The van der Waals surface area contributed by atoms with Gasteiger partial charge in [-0.2, -0.15) is 0 Å². The summed E-state index contributed by atoms with van der Waals surface area (Å²) in [5.41, 5.74) is 1.33. The van der Waals surface area contributed by atoms with E-state index in [4.69, 9.17) is 4.52 Å². The second kappa shape index (κ2) is 5.93. The van der Waals surface area contributed by atoms with Gasteiger partial charge in [0.15, 0.2) is 5.58 Å². The zero-order valence-electron chi connectivity index (χ0n) is 12.6. The smallest absolute Gasteiger partial charge is 0.271 e. The van der Waals surface area contributed by atoms with Crippen molar-refractivity contribution in [3.63, 3.8) is 0 Å². The maximum atomic E-state index is 12.4. The topological polar surface area (TPSA) is 115 Å². The summed E-state index contributed by atoms with van der Waals surface area (Å²) in [5, 5.41) is 15.2. The molecular formula is C15H13N3O5S. The van der Waals surface area contributed by atoms with Gasteiger partial charge in [-0.3, -0.25) is 14.8 Å². The maximum absolute atomic E-state index is 12.4. The van der Waals surface area contributed by atoms with Gasteiger partial charge in [-0.25, -0.2) is 8.42 Å². The average Bonchev–Trinajstić information content (AvgIpc) is 2.92. The molecule has 9 heteroatoms. The number of benzene rings is 2. The van der Waals surface area contributed by atoms with Crippen LogP contribution in [-0.4, -0.2) is 18.5 Å². The fourth-order valence-corrected chi connectivity index (χ4v) is 3.45. The van der Waals surface area contributed by atoms with Gasteiger partial charge in [0.25, 0.3) is 5.69 Å². The van der Waals surface area contributed by atoms with Crippen molar-refractivity contribution in [1.29, 1.82) is 0 Å². The zero-order chi connectivity index (χ0) is 17.3. The molecule has 0 aliphatic heterocycles. The van der Waals surface area contributed by atoms with E-state index < -0.39 is 20.7 Å². The summed E-state index contributed by atoms with van der Waals surface area (Å²) < 4.78 is 32.2. The molecule has 0 amide bonds. The van der Waals surface area contributed by atoms with Crippen LogP contribution >= 0.6 is 0 Å². The van der Waals surface area contributed by atoms with Crippen LogP contribution in [0.3, 0.4) is 0 Å². The van der Waals surface area contributed by atoms with Gasteiger partial charge in [0.2, 0.25) is 10.0 Å².